The molecule has 2 aromatic carbocycles. The second-order valence-electron chi connectivity index (χ2n) is 6.49. The van der Waals surface area contributed by atoms with Crippen LogP contribution in [0.25, 0.3) is 23.0 Å². The Labute approximate surface area is 174 Å². The highest BCUT2D eigenvalue weighted by atomic mass is 19.1. The van der Waals surface area contributed by atoms with Gasteiger partial charge in [0.2, 0.25) is 0 Å². The van der Waals surface area contributed by atoms with Crippen molar-refractivity contribution >= 4 is 12.0 Å². The van der Waals surface area contributed by atoms with Crippen LogP contribution >= 0.6 is 0 Å². The zero-order valence-corrected chi connectivity index (χ0v) is 16.5. The maximum absolute atomic E-state index is 13.4. The Morgan fingerprint density at radius 3 is 2.63 bits per heavy atom. The van der Waals surface area contributed by atoms with Gasteiger partial charge in [-0.1, -0.05) is 18.2 Å². The molecular weight excluding hydrogens is 383 g/mol. The fourth-order valence-corrected chi connectivity index (χ4v) is 2.86. The van der Waals surface area contributed by atoms with Crippen molar-refractivity contribution in [3.63, 3.8) is 0 Å². The number of aromatic nitrogens is 2. The van der Waals surface area contributed by atoms with Crippen molar-refractivity contribution in [3.8, 4) is 23.0 Å². The average molecular weight is 404 g/mol. The van der Waals surface area contributed by atoms with E-state index in [0.29, 0.717) is 36.4 Å². The molecule has 0 radical (unpaired) electrons. The minimum absolute atomic E-state index is 0.0385. The number of nitrogens with zero attached hydrogens (tertiary/aromatic N) is 3. The van der Waals surface area contributed by atoms with Gasteiger partial charge in [0.25, 0.3) is 5.91 Å². The number of amides is 1. The monoisotopic (exact) mass is 404 g/mol. The van der Waals surface area contributed by atoms with Crippen molar-refractivity contribution < 1.29 is 13.9 Å². The van der Waals surface area contributed by atoms with Crippen LogP contribution in [0.1, 0.15) is 12.0 Å². The van der Waals surface area contributed by atoms with Crippen molar-refractivity contribution in [2.24, 2.45) is 0 Å². The minimum Gasteiger partial charge on any atom is -0.385 e. The summed E-state index contributed by atoms with van der Waals surface area (Å²) in [6, 6.07) is 17.3. The summed E-state index contributed by atoms with van der Waals surface area (Å²) in [7, 11) is 1.59. The summed E-state index contributed by atoms with van der Waals surface area (Å²) in [4.78, 5) is 12.4. The van der Waals surface area contributed by atoms with Crippen LogP contribution in [0.3, 0.4) is 0 Å². The largest absolute Gasteiger partial charge is 0.385 e. The molecule has 0 bridgehead atoms. The summed E-state index contributed by atoms with van der Waals surface area (Å²) in [5, 5.41) is 16.8. The van der Waals surface area contributed by atoms with E-state index in [1.54, 1.807) is 30.1 Å². The summed E-state index contributed by atoms with van der Waals surface area (Å²) < 4.78 is 20.0. The van der Waals surface area contributed by atoms with Gasteiger partial charge in [0, 0.05) is 37.6 Å². The Bertz CT molecular complexity index is 1070. The molecule has 0 unspecified atom stereocenters. The van der Waals surface area contributed by atoms with E-state index in [2.05, 4.69) is 10.4 Å². The first-order chi connectivity index (χ1) is 14.6. The van der Waals surface area contributed by atoms with E-state index in [0.717, 1.165) is 5.69 Å². The molecule has 0 saturated carbocycles. The number of hydrogen-bond acceptors (Lipinski definition) is 4. The minimum atomic E-state index is -0.467. The maximum atomic E-state index is 13.4. The fourth-order valence-electron chi connectivity index (χ4n) is 2.86. The molecule has 3 rings (SSSR count). The van der Waals surface area contributed by atoms with Crippen LogP contribution < -0.4 is 5.32 Å². The topological polar surface area (TPSA) is 79.9 Å². The molecular formula is C23H21FN4O2. The lowest BCUT2D eigenvalue weighted by molar-refractivity contribution is -0.117. The van der Waals surface area contributed by atoms with Crippen molar-refractivity contribution in [3.05, 3.63) is 77.7 Å². The van der Waals surface area contributed by atoms with Crippen LogP contribution in [0.15, 0.2) is 66.4 Å². The maximum Gasteiger partial charge on any atom is 0.261 e. The van der Waals surface area contributed by atoms with Crippen molar-refractivity contribution in [2.75, 3.05) is 20.3 Å². The SMILES string of the molecule is COCCCNC(=O)C(C#N)=Cc1cn(-c2ccccc2)nc1-c1ccc(F)cc1. The van der Waals surface area contributed by atoms with Crippen LogP contribution in [-0.4, -0.2) is 35.9 Å². The van der Waals surface area contributed by atoms with Gasteiger partial charge < -0.3 is 10.1 Å². The molecule has 7 heteroatoms. The molecule has 30 heavy (non-hydrogen) atoms. The Morgan fingerprint density at radius 2 is 1.97 bits per heavy atom. The van der Waals surface area contributed by atoms with Gasteiger partial charge in [-0.15, -0.1) is 0 Å². The molecule has 0 spiro atoms. The molecule has 3 aromatic rings. The van der Waals surface area contributed by atoms with Crippen molar-refractivity contribution in [1.29, 1.82) is 5.26 Å². The first kappa shape index (κ1) is 21.0. The molecule has 0 atom stereocenters. The number of rotatable bonds is 8. The predicted octanol–water partition coefficient (Wildman–Crippen LogP) is 3.74. The fraction of sp³-hybridized carbons (Fsp3) is 0.174. The van der Waals surface area contributed by atoms with E-state index in [9.17, 15) is 14.4 Å². The third-order valence-electron chi connectivity index (χ3n) is 4.36. The first-order valence-electron chi connectivity index (χ1n) is 9.42. The number of para-hydroxylation sites is 1. The second-order valence-corrected chi connectivity index (χ2v) is 6.49. The molecule has 1 heterocycles. The predicted molar refractivity (Wildman–Crippen MR) is 112 cm³/mol. The summed E-state index contributed by atoms with van der Waals surface area (Å²) in [6.45, 7) is 0.921. The normalized spacial score (nSPS) is 11.2. The van der Waals surface area contributed by atoms with E-state index in [-0.39, 0.29) is 11.4 Å². The molecule has 1 N–H and O–H groups in total. The van der Waals surface area contributed by atoms with Crippen LogP contribution in [0, 0.1) is 17.1 Å². The standard InChI is InChI=1S/C23H21FN4O2/c1-30-13-5-12-26-23(29)18(15-25)14-19-16-28(21-6-3-2-4-7-21)27-22(19)17-8-10-20(24)11-9-17/h2-4,6-11,14,16H,5,12-13H2,1H3,(H,26,29). The van der Waals surface area contributed by atoms with Gasteiger partial charge in [0.05, 0.1) is 11.4 Å². The summed E-state index contributed by atoms with van der Waals surface area (Å²) in [5.41, 5.74) is 2.58. The van der Waals surface area contributed by atoms with Crippen LogP contribution in [0.4, 0.5) is 4.39 Å². The third kappa shape index (κ3) is 5.19. The van der Waals surface area contributed by atoms with Gasteiger partial charge in [-0.25, -0.2) is 9.07 Å². The highest BCUT2D eigenvalue weighted by Crippen LogP contribution is 2.26. The van der Waals surface area contributed by atoms with Crippen LogP contribution in [-0.2, 0) is 9.53 Å². The molecule has 0 aliphatic heterocycles. The molecule has 0 aliphatic carbocycles. The molecule has 152 valence electrons. The lowest BCUT2D eigenvalue weighted by Gasteiger charge is -2.04. The summed E-state index contributed by atoms with van der Waals surface area (Å²) >= 11 is 0. The van der Waals surface area contributed by atoms with Gasteiger partial charge in [-0.05, 0) is 48.9 Å². The van der Waals surface area contributed by atoms with Gasteiger partial charge in [-0.3, -0.25) is 4.79 Å². The van der Waals surface area contributed by atoms with Crippen LogP contribution in [0.2, 0.25) is 0 Å². The number of ether oxygens (including phenoxy) is 1. The average Bonchev–Trinajstić information content (AvgIpc) is 3.20. The van der Waals surface area contributed by atoms with Gasteiger partial charge >= 0.3 is 0 Å². The Hall–Kier alpha value is -3.76. The molecule has 0 fully saturated rings. The number of nitriles is 1. The number of benzene rings is 2. The Morgan fingerprint density at radius 1 is 1.23 bits per heavy atom. The smallest absolute Gasteiger partial charge is 0.261 e. The molecule has 0 aliphatic rings. The number of halogens is 1. The Kier molecular flexibility index (Phi) is 7.09. The van der Waals surface area contributed by atoms with Crippen LogP contribution in [0.5, 0.6) is 0 Å². The molecule has 1 aromatic heterocycles. The highest BCUT2D eigenvalue weighted by Gasteiger charge is 2.15. The zero-order valence-electron chi connectivity index (χ0n) is 16.5. The quantitative estimate of drug-likeness (QED) is 0.352. The number of methoxy groups -OCH3 is 1. The van der Waals surface area contributed by atoms with Gasteiger partial charge in [0.1, 0.15) is 17.5 Å². The van der Waals surface area contributed by atoms with E-state index in [1.165, 1.54) is 18.2 Å². The zero-order chi connectivity index (χ0) is 21.3. The van der Waals surface area contributed by atoms with E-state index < -0.39 is 5.91 Å². The van der Waals surface area contributed by atoms with Crippen molar-refractivity contribution in [2.45, 2.75) is 6.42 Å². The Balaban J connectivity index is 1.98. The lowest BCUT2D eigenvalue weighted by Crippen LogP contribution is -2.26. The summed E-state index contributed by atoms with van der Waals surface area (Å²) in [6.07, 6.45) is 3.88. The first-order valence-corrected chi connectivity index (χ1v) is 9.42. The van der Waals surface area contributed by atoms with E-state index in [1.807, 2.05) is 36.4 Å². The third-order valence-corrected chi connectivity index (χ3v) is 4.36. The van der Waals surface area contributed by atoms with Gasteiger partial charge in [-0.2, -0.15) is 10.4 Å². The number of hydrogen-bond donors (Lipinski definition) is 1. The van der Waals surface area contributed by atoms with Gasteiger partial charge in [0.15, 0.2) is 0 Å². The molecule has 1 amide bonds. The lowest BCUT2D eigenvalue weighted by atomic mass is 10.1. The van der Waals surface area contributed by atoms with Crippen molar-refractivity contribution in [1.82, 2.24) is 15.1 Å². The molecule has 6 nitrogen and oxygen atoms in total. The number of carbonyl (C=O) groups excluding carboxylic acids is 1. The second kappa shape index (κ2) is 10.1. The van der Waals surface area contributed by atoms with E-state index >= 15 is 0 Å². The number of nitrogens with one attached hydrogen (secondary N) is 1. The van der Waals surface area contributed by atoms with E-state index in [4.69, 9.17) is 4.74 Å². The number of carbonyl (C=O) groups is 1. The molecule has 0 saturated heterocycles. The summed E-state index contributed by atoms with van der Waals surface area (Å²) in [5.74, 6) is -0.822. The highest BCUT2D eigenvalue weighted by molar-refractivity contribution is 6.02.